The first-order chi connectivity index (χ1) is 7.97. The summed E-state index contributed by atoms with van der Waals surface area (Å²) in [5.74, 6) is 1.10. The number of nitrogen functional groups attached to an aromatic ring is 1. The molecule has 0 fully saturated rings. The largest absolute Gasteiger partial charge is 0.394 e. The zero-order valence-corrected chi connectivity index (χ0v) is 11.2. The van der Waals surface area contributed by atoms with E-state index in [-0.39, 0.29) is 6.10 Å². The van der Waals surface area contributed by atoms with Gasteiger partial charge in [-0.3, -0.25) is 4.68 Å². The number of hydrogen-bond donors (Lipinski definition) is 3. The first-order valence-electron chi connectivity index (χ1n) is 6.21. The smallest absolute Gasteiger partial charge is 0.147 e. The minimum absolute atomic E-state index is 0.303. The second-order valence-electron chi connectivity index (χ2n) is 4.75. The maximum absolute atomic E-state index is 9.68. The zero-order chi connectivity index (χ0) is 13.0. The second kappa shape index (κ2) is 5.91. The summed E-state index contributed by atoms with van der Waals surface area (Å²) in [5.41, 5.74) is 7.63. The van der Waals surface area contributed by atoms with Crippen LogP contribution in [0, 0.1) is 0 Å². The lowest BCUT2D eigenvalue weighted by atomic mass is 10.1. The van der Waals surface area contributed by atoms with E-state index < -0.39 is 0 Å². The fourth-order valence-corrected chi connectivity index (χ4v) is 1.85. The van der Waals surface area contributed by atoms with E-state index in [1.54, 1.807) is 4.68 Å². The number of aromatic nitrogens is 2. The van der Waals surface area contributed by atoms with Crippen LogP contribution in [0.2, 0.25) is 0 Å². The molecule has 1 aromatic heterocycles. The van der Waals surface area contributed by atoms with Gasteiger partial charge in [-0.1, -0.05) is 27.2 Å². The van der Waals surface area contributed by atoms with Crippen molar-refractivity contribution in [2.75, 3.05) is 17.6 Å². The van der Waals surface area contributed by atoms with Crippen molar-refractivity contribution in [1.82, 2.24) is 9.78 Å². The number of aliphatic hydroxyl groups is 1. The highest BCUT2D eigenvalue weighted by molar-refractivity contribution is 5.65. The molecule has 17 heavy (non-hydrogen) atoms. The normalized spacial score (nSPS) is 13.1. The molecule has 0 spiro atoms. The first kappa shape index (κ1) is 13.8. The molecule has 0 aromatic carbocycles. The van der Waals surface area contributed by atoms with Crippen LogP contribution >= 0.6 is 0 Å². The molecule has 5 nitrogen and oxygen atoms in total. The van der Waals surface area contributed by atoms with Crippen LogP contribution in [0.5, 0.6) is 0 Å². The van der Waals surface area contributed by atoms with E-state index in [0.29, 0.717) is 18.2 Å². The Balaban J connectivity index is 2.71. The molecule has 0 aliphatic carbocycles. The Morgan fingerprint density at radius 3 is 2.59 bits per heavy atom. The first-order valence-corrected chi connectivity index (χ1v) is 6.21. The summed E-state index contributed by atoms with van der Waals surface area (Å²) in [7, 11) is 1.86. The summed E-state index contributed by atoms with van der Waals surface area (Å²) in [6.45, 7) is 6.69. The van der Waals surface area contributed by atoms with Crippen LogP contribution in [0.4, 0.5) is 11.5 Å². The summed E-state index contributed by atoms with van der Waals surface area (Å²) in [4.78, 5) is 0. The summed E-state index contributed by atoms with van der Waals surface area (Å²) >= 11 is 0. The topological polar surface area (TPSA) is 76.1 Å². The quantitative estimate of drug-likeness (QED) is 0.707. The van der Waals surface area contributed by atoms with Gasteiger partial charge < -0.3 is 16.2 Å². The van der Waals surface area contributed by atoms with Crippen LogP contribution in [0.1, 0.15) is 45.2 Å². The molecule has 1 unspecified atom stereocenters. The number of hydrogen-bond acceptors (Lipinski definition) is 4. The van der Waals surface area contributed by atoms with Gasteiger partial charge in [-0.2, -0.15) is 5.10 Å². The molecule has 0 saturated heterocycles. The molecule has 0 bridgehead atoms. The predicted octanol–water partition coefficient (Wildman–Crippen LogP) is 1.70. The lowest BCUT2D eigenvalue weighted by molar-refractivity contribution is 0.176. The standard InChI is InChI=1S/C12H24N4O/c1-5-6-9(17)7-14-12-10(13)11(8(2)3)15-16(12)4/h8-9,14,17H,5-7,13H2,1-4H3. The fourth-order valence-electron chi connectivity index (χ4n) is 1.85. The van der Waals surface area contributed by atoms with Crippen molar-refractivity contribution < 1.29 is 5.11 Å². The Labute approximate surface area is 103 Å². The average Bonchev–Trinajstić information content (AvgIpc) is 2.52. The molecule has 1 atom stereocenters. The van der Waals surface area contributed by atoms with Crippen LogP contribution in [0.25, 0.3) is 0 Å². The molecule has 0 saturated carbocycles. The highest BCUT2D eigenvalue weighted by Gasteiger charge is 2.16. The monoisotopic (exact) mass is 240 g/mol. The summed E-state index contributed by atoms with van der Waals surface area (Å²) in [6, 6.07) is 0. The molecule has 0 radical (unpaired) electrons. The molecule has 4 N–H and O–H groups in total. The van der Waals surface area contributed by atoms with E-state index in [1.807, 2.05) is 7.05 Å². The van der Waals surface area contributed by atoms with E-state index in [1.165, 1.54) is 0 Å². The van der Waals surface area contributed by atoms with E-state index in [4.69, 9.17) is 5.73 Å². The van der Waals surface area contributed by atoms with E-state index in [0.717, 1.165) is 24.4 Å². The molecular formula is C12H24N4O. The number of nitrogens with two attached hydrogens (primary N) is 1. The van der Waals surface area contributed by atoms with Crippen molar-refractivity contribution in [3.8, 4) is 0 Å². The van der Waals surface area contributed by atoms with Crippen molar-refractivity contribution in [1.29, 1.82) is 0 Å². The molecule has 0 amide bonds. The lowest BCUT2D eigenvalue weighted by Crippen LogP contribution is -2.20. The van der Waals surface area contributed by atoms with Crippen LogP contribution in [0.15, 0.2) is 0 Å². The Morgan fingerprint density at radius 2 is 2.12 bits per heavy atom. The molecule has 1 rings (SSSR count). The Morgan fingerprint density at radius 1 is 1.47 bits per heavy atom. The van der Waals surface area contributed by atoms with Crippen molar-refractivity contribution in [2.24, 2.45) is 7.05 Å². The molecular weight excluding hydrogens is 216 g/mol. The van der Waals surface area contributed by atoms with Gasteiger partial charge in [0.25, 0.3) is 0 Å². The van der Waals surface area contributed by atoms with Crippen molar-refractivity contribution in [2.45, 2.75) is 45.6 Å². The van der Waals surface area contributed by atoms with Gasteiger partial charge in [0.2, 0.25) is 0 Å². The number of nitrogens with zero attached hydrogens (tertiary/aromatic N) is 2. The number of nitrogens with one attached hydrogen (secondary N) is 1. The van der Waals surface area contributed by atoms with Gasteiger partial charge in [0, 0.05) is 13.6 Å². The van der Waals surface area contributed by atoms with Crippen LogP contribution in [-0.2, 0) is 7.05 Å². The fraction of sp³-hybridized carbons (Fsp3) is 0.750. The molecule has 0 aliphatic heterocycles. The minimum atomic E-state index is -0.336. The van der Waals surface area contributed by atoms with Gasteiger partial charge in [0.1, 0.15) is 5.82 Å². The highest BCUT2D eigenvalue weighted by Crippen LogP contribution is 2.27. The van der Waals surface area contributed by atoms with E-state index in [9.17, 15) is 5.11 Å². The van der Waals surface area contributed by atoms with Gasteiger partial charge in [0.15, 0.2) is 0 Å². The van der Waals surface area contributed by atoms with Gasteiger partial charge in [-0.05, 0) is 12.3 Å². The van der Waals surface area contributed by atoms with E-state index in [2.05, 4.69) is 31.2 Å². The van der Waals surface area contributed by atoms with Gasteiger partial charge in [0.05, 0.1) is 17.5 Å². The maximum Gasteiger partial charge on any atom is 0.147 e. The highest BCUT2D eigenvalue weighted by atomic mass is 16.3. The number of rotatable bonds is 6. The van der Waals surface area contributed by atoms with E-state index >= 15 is 0 Å². The van der Waals surface area contributed by atoms with Gasteiger partial charge >= 0.3 is 0 Å². The maximum atomic E-state index is 9.68. The van der Waals surface area contributed by atoms with Crippen molar-refractivity contribution in [3.63, 3.8) is 0 Å². The third-order valence-electron chi connectivity index (χ3n) is 2.79. The third kappa shape index (κ3) is 3.36. The Bertz CT molecular complexity index is 360. The van der Waals surface area contributed by atoms with Gasteiger partial charge in [-0.25, -0.2) is 0 Å². The van der Waals surface area contributed by atoms with Crippen LogP contribution in [-0.4, -0.2) is 27.5 Å². The van der Waals surface area contributed by atoms with Crippen LogP contribution in [0.3, 0.4) is 0 Å². The number of aryl methyl sites for hydroxylation is 1. The molecule has 0 aliphatic rings. The number of aliphatic hydroxyl groups excluding tert-OH is 1. The molecule has 5 heteroatoms. The summed E-state index contributed by atoms with van der Waals surface area (Å²) in [6.07, 6.45) is 1.43. The Hall–Kier alpha value is -1.23. The molecule has 1 aromatic rings. The number of anilines is 2. The minimum Gasteiger partial charge on any atom is -0.394 e. The predicted molar refractivity (Wildman–Crippen MR) is 71.1 cm³/mol. The average molecular weight is 240 g/mol. The van der Waals surface area contributed by atoms with Crippen LogP contribution < -0.4 is 11.1 Å². The lowest BCUT2D eigenvalue weighted by Gasteiger charge is -2.12. The third-order valence-corrected chi connectivity index (χ3v) is 2.79. The summed E-state index contributed by atoms with van der Waals surface area (Å²) < 4.78 is 1.74. The molecule has 1 heterocycles. The zero-order valence-electron chi connectivity index (χ0n) is 11.2. The van der Waals surface area contributed by atoms with Crippen molar-refractivity contribution in [3.05, 3.63) is 5.69 Å². The van der Waals surface area contributed by atoms with Crippen molar-refractivity contribution >= 4 is 11.5 Å². The Kier molecular flexibility index (Phi) is 4.81. The SMILES string of the molecule is CCCC(O)CNc1c(N)c(C(C)C)nn1C. The van der Waals surface area contributed by atoms with Gasteiger partial charge in [-0.15, -0.1) is 0 Å². The second-order valence-corrected chi connectivity index (χ2v) is 4.75. The molecule has 98 valence electrons. The summed E-state index contributed by atoms with van der Waals surface area (Å²) in [5, 5.41) is 17.2.